The smallest absolute Gasteiger partial charge is 0.191 e. The first-order valence-electron chi connectivity index (χ1n) is 5.91. The predicted molar refractivity (Wildman–Crippen MR) is 60.9 cm³/mol. The largest absolute Gasteiger partial charge is 0.378 e. The highest BCUT2D eigenvalue weighted by atomic mass is 16.5. The third kappa shape index (κ3) is 3.09. The van der Waals surface area contributed by atoms with Crippen LogP contribution in [0, 0.1) is 0 Å². The van der Waals surface area contributed by atoms with Gasteiger partial charge in [0.05, 0.1) is 6.10 Å². The molecular formula is C11H21N3O. The lowest BCUT2D eigenvalue weighted by atomic mass is 10.2. The molecule has 1 saturated heterocycles. The second kappa shape index (κ2) is 4.84. The van der Waals surface area contributed by atoms with Crippen molar-refractivity contribution in [1.29, 1.82) is 0 Å². The summed E-state index contributed by atoms with van der Waals surface area (Å²) in [5.74, 6) is 0.690. The van der Waals surface area contributed by atoms with Gasteiger partial charge in [0.2, 0.25) is 0 Å². The van der Waals surface area contributed by atoms with E-state index in [2.05, 4.69) is 9.89 Å². The lowest BCUT2D eigenvalue weighted by Crippen LogP contribution is -2.35. The Morgan fingerprint density at radius 1 is 1.47 bits per heavy atom. The average molecular weight is 211 g/mol. The molecule has 1 aliphatic carbocycles. The average Bonchev–Trinajstić information content (AvgIpc) is 2.96. The topological polar surface area (TPSA) is 50.8 Å². The molecule has 1 unspecified atom stereocenters. The van der Waals surface area contributed by atoms with Crippen LogP contribution < -0.4 is 5.73 Å². The molecule has 4 nitrogen and oxygen atoms in total. The van der Waals surface area contributed by atoms with E-state index in [0.29, 0.717) is 18.1 Å². The van der Waals surface area contributed by atoms with Crippen LogP contribution in [-0.2, 0) is 4.74 Å². The number of nitrogens with zero attached hydrogens (tertiary/aromatic N) is 2. The Kier molecular flexibility index (Phi) is 3.46. The standard InChI is InChI=1S/C11H21N3O/c1-14(9-4-5-9)11(12)13-7-6-10-3-2-8-15-10/h9-10H,2-8H2,1H3,(H2,12,13). The van der Waals surface area contributed by atoms with E-state index >= 15 is 0 Å². The minimum atomic E-state index is 0.424. The Balaban J connectivity index is 1.67. The molecule has 0 radical (unpaired) electrons. The number of hydrogen-bond donors (Lipinski definition) is 1. The van der Waals surface area contributed by atoms with Crippen molar-refractivity contribution in [2.45, 2.75) is 44.2 Å². The van der Waals surface area contributed by atoms with Gasteiger partial charge in [-0.3, -0.25) is 4.99 Å². The Morgan fingerprint density at radius 2 is 2.27 bits per heavy atom. The SMILES string of the molecule is CN(C(N)=NCCC1CCCO1)C1CC1. The van der Waals surface area contributed by atoms with Crippen LogP contribution >= 0.6 is 0 Å². The Hall–Kier alpha value is -0.770. The highest BCUT2D eigenvalue weighted by Gasteiger charge is 2.27. The van der Waals surface area contributed by atoms with Crippen LogP contribution in [-0.4, -0.2) is 43.2 Å². The fourth-order valence-electron chi connectivity index (χ4n) is 1.96. The molecule has 0 amide bonds. The third-order valence-electron chi connectivity index (χ3n) is 3.20. The minimum Gasteiger partial charge on any atom is -0.378 e. The summed E-state index contributed by atoms with van der Waals surface area (Å²) in [6, 6.07) is 0.650. The lowest BCUT2D eigenvalue weighted by molar-refractivity contribution is 0.106. The highest BCUT2D eigenvalue weighted by molar-refractivity contribution is 5.78. The van der Waals surface area contributed by atoms with E-state index < -0.39 is 0 Å². The Labute approximate surface area is 91.5 Å². The van der Waals surface area contributed by atoms with Crippen molar-refractivity contribution >= 4 is 5.96 Å². The predicted octanol–water partition coefficient (Wildman–Crippen LogP) is 0.964. The summed E-state index contributed by atoms with van der Waals surface area (Å²) < 4.78 is 5.53. The number of rotatable bonds is 4. The second-order valence-electron chi connectivity index (χ2n) is 4.51. The quantitative estimate of drug-likeness (QED) is 0.557. The van der Waals surface area contributed by atoms with Crippen LogP contribution in [0.5, 0.6) is 0 Å². The van der Waals surface area contributed by atoms with Crippen LogP contribution in [0.2, 0.25) is 0 Å². The first kappa shape index (κ1) is 10.7. The van der Waals surface area contributed by atoms with Crippen LogP contribution in [0.25, 0.3) is 0 Å². The van der Waals surface area contributed by atoms with Gasteiger partial charge < -0.3 is 15.4 Å². The normalized spacial score (nSPS) is 27.0. The molecule has 1 saturated carbocycles. The van der Waals surface area contributed by atoms with Gasteiger partial charge >= 0.3 is 0 Å². The van der Waals surface area contributed by atoms with Gasteiger partial charge in [0.1, 0.15) is 0 Å². The van der Waals surface area contributed by atoms with Gasteiger partial charge in [0.25, 0.3) is 0 Å². The minimum absolute atomic E-state index is 0.424. The molecule has 2 rings (SSSR count). The van der Waals surface area contributed by atoms with Gasteiger partial charge in [-0.1, -0.05) is 0 Å². The molecule has 1 atom stereocenters. The second-order valence-corrected chi connectivity index (χ2v) is 4.51. The molecular weight excluding hydrogens is 190 g/mol. The van der Waals surface area contributed by atoms with Crippen LogP contribution in [0.1, 0.15) is 32.1 Å². The molecule has 4 heteroatoms. The fourth-order valence-corrected chi connectivity index (χ4v) is 1.96. The number of ether oxygens (including phenoxy) is 1. The molecule has 0 aromatic rings. The van der Waals surface area contributed by atoms with Gasteiger partial charge in [-0.05, 0) is 32.1 Å². The third-order valence-corrected chi connectivity index (χ3v) is 3.20. The van der Waals surface area contributed by atoms with E-state index in [0.717, 1.165) is 19.6 Å². The first-order chi connectivity index (χ1) is 7.27. The van der Waals surface area contributed by atoms with Crippen LogP contribution in [0.15, 0.2) is 4.99 Å². The fraction of sp³-hybridized carbons (Fsp3) is 0.909. The maximum Gasteiger partial charge on any atom is 0.191 e. The van der Waals surface area contributed by atoms with Crippen molar-refractivity contribution in [2.75, 3.05) is 20.2 Å². The van der Waals surface area contributed by atoms with Gasteiger partial charge in [0.15, 0.2) is 5.96 Å². The summed E-state index contributed by atoms with van der Waals surface area (Å²) in [6.07, 6.45) is 6.35. The van der Waals surface area contributed by atoms with Crippen molar-refractivity contribution in [3.8, 4) is 0 Å². The lowest BCUT2D eigenvalue weighted by Gasteiger charge is -2.17. The summed E-state index contributed by atoms with van der Waals surface area (Å²) in [4.78, 5) is 6.48. The molecule has 0 spiro atoms. The molecule has 86 valence electrons. The maximum atomic E-state index is 5.88. The molecule has 0 bridgehead atoms. The van der Waals surface area contributed by atoms with Crippen molar-refractivity contribution < 1.29 is 4.74 Å². The van der Waals surface area contributed by atoms with Gasteiger partial charge in [0, 0.05) is 26.2 Å². The van der Waals surface area contributed by atoms with Gasteiger partial charge in [-0.15, -0.1) is 0 Å². The summed E-state index contributed by atoms with van der Waals surface area (Å²) in [7, 11) is 2.03. The van der Waals surface area contributed by atoms with Crippen molar-refractivity contribution in [1.82, 2.24) is 4.90 Å². The van der Waals surface area contributed by atoms with Crippen molar-refractivity contribution in [3.63, 3.8) is 0 Å². The summed E-state index contributed by atoms with van der Waals surface area (Å²) in [5, 5.41) is 0. The molecule has 0 aromatic heterocycles. The molecule has 0 aromatic carbocycles. The van der Waals surface area contributed by atoms with Crippen molar-refractivity contribution in [3.05, 3.63) is 0 Å². The van der Waals surface area contributed by atoms with Crippen molar-refractivity contribution in [2.24, 2.45) is 10.7 Å². The molecule has 1 heterocycles. The van der Waals surface area contributed by atoms with E-state index in [9.17, 15) is 0 Å². The van der Waals surface area contributed by atoms with E-state index in [4.69, 9.17) is 10.5 Å². The highest BCUT2D eigenvalue weighted by Crippen LogP contribution is 2.24. The van der Waals surface area contributed by atoms with Gasteiger partial charge in [-0.2, -0.15) is 0 Å². The Bertz CT molecular complexity index is 232. The van der Waals surface area contributed by atoms with E-state index in [-0.39, 0.29) is 0 Å². The zero-order chi connectivity index (χ0) is 10.7. The number of aliphatic imine (C=N–C) groups is 1. The number of guanidine groups is 1. The zero-order valence-corrected chi connectivity index (χ0v) is 9.48. The summed E-state index contributed by atoms with van der Waals surface area (Å²) in [5.41, 5.74) is 5.88. The molecule has 1 aliphatic heterocycles. The van der Waals surface area contributed by atoms with Gasteiger partial charge in [-0.25, -0.2) is 0 Å². The number of nitrogens with two attached hydrogens (primary N) is 1. The molecule has 2 aliphatic rings. The summed E-state index contributed by atoms with van der Waals surface area (Å²) >= 11 is 0. The number of hydrogen-bond acceptors (Lipinski definition) is 2. The maximum absolute atomic E-state index is 5.88. The van der Waals surface area contributed by atoms with E-state index in [1.54, 1.807) is 0 Å². The molecule has 2 fully saturated rings. The van der Waals surface area contributed by atoms with E-state index in [1.807, 2.05) is 7.05 Å². The van der Waals surface area contributed by atoms with Crippen LogP contribution in [0.4, 0.5) is 0 Å². The Morgan fingerprint density at radius 3 is 2.87 bits per heavy atom. The summed E-state index contributed by atoms with van der Waals surface area (Å²) in [6.45, 7) is 1.72. The molecule has 2 N–H and O–H groups in total. The zero-order valence-electron chi connectivity index (χ0n) is 9.48. The first-order valence-corrected chi connectivity index (χ1v) is 5.91. The van der Waals surface area contributed by atoms with E-state index in [1.165, 1.54) is 25.7 Å². The van der Waals surface area contributed by atoms with Crippen LogP contribution in [0.3, 0.4) is 0 Å². The monoisotopic (exact) mass is 211 g/mol. The molecule has 15 heavy (non-hydrogen) atoms.